The monoisotopic (exact) mass is 278 g/mol. The number of hydrogen-bond donors (Lipinski definition) is 0. The second kappa shape index (κ2) is 11.9. The van der Waals surface area contributed by atoms with Crippen LogP contribution < -0.4 is 0 Å². The Balaban J connectivity index is 1.98. The number of methoxy groups -OCH3 is 2. The van der Waals surface area contributed by atoms with Crippen molar-refractivity contribution in [1.82, 2.24) is 0 Å². The minimum Gasteiger partial charge on any atom is -0.385 e. The van der Waals surface area contributed by atoms with Gasteiger partial charge < -0.3 is 9.47 Å². The molecule has 0 bridgehead atoms. The lowest BCUT2D eigenvalue weighted by atomic mass is 10.0. The second-order valence-corrected chi connectivity index (χ2v) is 5.47. The first-order chi connectivity index (χ1) is 9.86. The van der Waals surface area contributed by atoms with Crippen LogP contribution in [-0.4, -0.2) is 20.8 Å². The van der Waals surface area contributed by atoms with E-state index in [-0.39, 0.29) is 0 Å². The number of benzene rings is 1. The van der Waals surface area contributed by atoms with Gasteiger partial charge in [-0.05, 0) is 30.4 Å². The molecule has 0 radical (unpaired) electrons. The van der Waals surface area contributed by atoms with Crippen molar-refractivity contribution in [3.63, 3.8) is 0 Å². The van der Waals surface area contributed by atoms with Crippen LogP contribution in [0.25, 0.3) is 0 Å². The van der Waals surface area contributed by atoms with Crippen LogP contribution in [0.5, 0.6) is 0 Å². The highest BCUT2D eigenvalue weighted by Gasteiger charge is 1.96. The molecule has 2 nitrogen and oxygen atoms in total. The Morgan fingerprint density at radius 3 is 1.80 bits per heavy atom. The highest BCUT2D eigenvalue weighted by atomic mass is 16.5. The van der Waals surface area contributed by atoms with Crippen LogP contribution in [0.3, 0.4) is 0 Å². The van der Waals surface area contributed by atoms with E-state index in [1.165, 1.54) is 62.5 Å². The highest BCUT2D eigenvalue weighted by molar-refractivity contribution is 5.22. The molecular weight excluding hydrogens is 248 g/mol. The molecule has 0 atom stereocenters. The maximum atomic E-state index is 5.12. The minimum absolute atomic E-state index is 0.712. The Labute approximate surface area is 124 Å². The average Bonchev–Trinajstić information content (AvgIpc) is 2.47. The molecular formula is C18H30O2. The molecule has 0 aliphatic rings. The van der Waals surface area contributed by atoms with Gasteiger partial charge in [0.15, 0.2) is 0 Å². The summed E-state index contributed by atoms with van der Waals surface area (Å²) in [6.45, 7) is 1.63. The third-order valence-corrected chi connectivity index (χ3v) is 3.65. The van der Waals surface area contributed by atoms with Crippen molar-refractivity contribution < 1.29 is 9.47 Å². The maximum Gasteiger partial charge on any atom is 0.0713 e. The Bertz CT molecular complexity index is 319. The molecule has 1 rings (SSSR count). The first-order valence-electron chi connectivity index (χ1n) is 7.92. The highest BCUT2D eigenvalue weighted by Crippen LogP contribution is 2.12. The van der Waals surface area contributed by atoms with Gasteiger partial charge in [-0.2, -0.15) is 0 Å². The van der Waals surface area contributed by atoms with E-state index < -0.39 is 0 Å². The van der Waals surface area contributed by atoms with Crippen LogP contribution in [0.2, 0.25) is 0 Å². The van der Waals surface area contributed by atoms with Gasteiger partial charge in [0.1, 0.15) is 0 Å². The molecule has 2 heteroatoms. The van der Waals surface area contributed by atoms with Crippen molar-refractivity contribution >= 4 is 0 Å². The summed E-state index contributed by atoms with van der Waals surface area (Å²) in [4.78, 5) is 0. The van der Waals surface area contributed by atoms with E-state index in [2.05, 4.69) is 24.3 Å². The van der Waals surface area contributed by atoms with Crippen molar-refractivity contribution in [1.29, 1.82) is 0 Å². The molecule has 0 aromatic heterocycles. The van der Waals surface area contributed by atoms with Gasteiger partial charge in [-0.25, -0.2) is 0 Å². The summed E-state index contributed by atoms with van der Waals surface area (Å²) in [5, 5.41) is 0. The van der Waals surface area contributed by atoms with Crippen molar-refractivity contribution in [3.8, 4) is 0 Å². The van der Waals surface area contributed by atoms with Crippen LogP contribution in [0.4, 0.5) is 0 Å². The lowest BCUT2D eigenvalue weighted by molar-refractivity contribution is 0.185. The van der Waals surface area contributed by atoms with Crippen LogP contribution >= 0.6 is 0 Å². The van der Waals surface area contributed by atoms with Gasteiger partial charge in [0.2, 0.25) is 0 Å². The lowest BCUT2D eigenvalue weighted by Crippen LogP contribution is -1.90. The first kappa shape index (κ1) is 17.2. The van der Waals surface area contributed by atoms with Gasteiger partial charge >= 0.3 is 0 Å². The molecule has 1 aromatic rings. The van der Waals surface area contributed by atoms with E-state index >= 15 is 0 Å². The smallest absolute Gasteiger partial charge is 0.0713 e. The Morgan fingerprint density at radius 2 is 1.20 bits per heavy atom. The van der Waals surface area contributed by atoms with E-state index in [1.807, 2.05) is 0 Å². The van der Waals surface area contributed by atoms with Crippen LogP contribution in [0.1, 0.15) is 56.1 Å². The molecule has 0 heterocycles. The second-order valence-electron chi connectivity index (χ2n) is 5.47. The van der Waals surface area contributed by atoms with Crippen molar-refractivity contribution in [2.75, 3.05) is 20.8 Å². The number of aryl methyl sites for hydroxylation is 1. The zero-order valence-corrected chi connectivity index (χ0v) is 13.2. The number of ether oxygens (including phenoxy) is 2. The lowest BCUT2D eigenvalue weighted by Gasteiger charge is -2.04. The zero-order valence-electron chi connectivity index (χ0n) is 13.2. The van der Waals surface area contributed by atoms with Gasteiger partial charge in [-0.3, -0.25) is 0 Å². The summed E-state index contributed by atoms with van der Waals surface area (Å²) >= 11 is 0. The van der Waals surface area contributed by atoms with E-state index in [0.717, 1.165) is 6.61 Å². The SMILES string of the molecule is COCCCCCCCCCc1ccc(COC)cc1. The van der Waals surface area contributed by atoms with Crippen LogP contribution in [0.15, 0.2) is 24.3 Å². The third-order valence-electron chi connectivity index (χ3n) is 3.65. The zero-order chi connectivity index (χ0) is 14.5. The summed E-state index contributed by atoms with van der Waals surface area (Å²) in [5.74, 6) is 0. The summed E-state index contributed by atoms with van der Waals surface area (Å²) in [6.07, 6.45) is 10.5. The van der Waals surface area contributed by atoms with Gasteiger partial charge in [0, 0.05) is 20.8 Å². The van der Waals surface area contributed by atoms with Gasteiger partial charge in [0.25, 0.3) is 0 Å². The van der Waals surface area contributed by atoms with E-state index in [9.17, 15) is 0 Å². The number of unbranched alkanes of at least 4 members (excludes halogenated alkanes) is 6. The predicted octanol–water partition coefficient (Wildman–Crippen LogP) is 4.75. The van der Waals surface area contributed by atoms with Crippen molar-refractivity contribution in [3.05, 3.63) is 35.4 Å². The summed E-state index contributed by atoms with van der Waals surface area (Å²) < 4.78 is 10.2. The third kappa shape index (κ3) is 8.34. The number of rotatable bonds is 12. The quantitative estimate of drug-likeness (QED) is 0.514. The molecule has 0 aliphatic carbocycles. The summed E-state index contributed by atoms with van der Waals surface area (Å²) in [5.41, 5.74) is 2.71. The molecule has 0 N–H and O–H groups in total. The molecule has 114 valence electrons. The average molecular weight is 278 g/mol. The van der Waals surface area contributed by atoms with Crippen LogP contribution in [0, 0.1) is 0 Å². The minimum atomic E-state index is 0.712. The maximum absolute atomic E-state index is 5.12. The van der Waals surface area contributed by atoms with Crippen molar-refractivity contribution in [2.24, 2.45) is 0 Å². The molecule has 20 heavy (non-hydrogen) atoms. The standard InChI is InChI=1S/C18H30O2/c1-19-15-9-7-5-3-4-6-8-10-17-11-13-18(14-12-17)16-20-2/h11-14H,3-10,15-16H2,1-2H3. The van der Waals surface area contributed by atoms with Crippen molar-refractivity contribution in [2.45, 2.75) is 58.0 Å². The van der Waals surface area contributed by atoms with Crippen LogP contribution in [-0.2, 0) is 22.5 Å². The molecule has 0 fully saturated rings. The fourth-order valence-corrected chi connectivity index (χ4v) is 2.43. The van der Waals surface area contributed by atoms with E-state index in [4.69, 9.17) is 9.47 Å². The molecule has 0 unspecified atom stereocenters. The van der Waals surface area contributed by atoms with E-state index in [0.29, 0.717) is 6.61 Å². The Kier molecular flexibility index (Phi) is 10.3. The molecule has 0 spiro atoms. The summed E-state index contributed by atoms with van der Waals surface area (Å²) in [7, 11) is 3.52. The molecule has 0 aliphatic heterocycles. The molecule has 0 saturated carbocycles. The van der Waals surface area contributed by atoms with Gasteiger partial charge in [-0.1, -0.05) is 56.4 Å². The fourth-order valence-electron chi connectivity index (χ4n) is 2.43. The number of hydrogen-bond acceptors (Lipinski definition) is 2. The fraction of sp³-hybridized carbons (Fsp3) is 0.667. The normalized spacial score (nSPS) is 10.9. The predicted molar refractivity (Wildman–Crippen MR) is 85.1 cm³/mol. The Morgan fingerprint density at radius 1 is 0.650 bits per heavy atom. The largest absolute Gasteiger partial charge is 0.385 e. The molecule has 0 saturated heterocycles. The Hall–Kier alpha value is -0.860. The molecule has 1 aromatic carbocycles. The van der Waals surface area contributed by atoms with Gasteiger partial charge in [-0.15, -0.1) is 0 Å². The molecule has 0 amide bonds. The first-order valence-corrected chi connectivity index (χ1v) is 7.92. The summed E-state index contributed by atoms with van der Waals surface area (Å²) in [6, 6.07) is 8.82. The van der Waals surface area contributed by atoms with E-state index in [1.54, 1.807) is 14.2 Å². The van der Waals surface area contributed by atoms with Gasteiger partial charge in [0.05, 0.1) is 6.61 Å². The topological polar surface area (TPSA) is 18.5 Å².